The molecule has 16 heavy (non-hydrogen) atoms. The number of hydrogen-bond acceptors (Lipinski definition) is 4. The van der Waals surface area contributed by atoms with E-state index in [2.05, 4.69) is 22.8 Å². The molecule has 3 heterocycles. The molecule has 3 rings (SSSR count). The second-order valence-corrected chi connectivity index (χ2v) is 5.42. The molecule has 3 nitrogen and oxygen atoms in total. The van der Waals surface area contributed by atoms with Crippen molar-refractivity contribution < 1.29 is 9.47 Å². The molecular formula is C12H17NO2S. The Balaban J connectivity index is 1.74. The average molecular weight is 239 g/mol. The summed E-state index contributed by atoms with van der Waals surface area (Å²) in [7, 11) is 0. The zero-order valence-corrected chi connectivity index (χ0v) is 10.1. The summed E-state index contributed by atoms with van der Waals surface area (Å²) in [5, 5.41) is 5.67. The topological polar surface area (TPSA) is 30.5 Å². The lowest BCUT2D eigenvalue weighted by molar-refractivity contribution is -0.281. The zero-order valence-electron chi connectivity index (χ0n) is 9.28. The second kappa shape index (κ2) is 4.45. The van der Waals surface area contributed by atoms with Crippen LogP contribution in [-0.2, 0) is 9.47 Å². The van der Waals surface area contributed by atoms with Gasteiger partial charge in [0.1, 0.15) is 0 Å². The highest BCUT2D eigenvalue weighted by Gasteiger charge is 2.40. The third-order valence-electron chi connectivity index (χ3n) is 3.32. The number of nitrogens with one attached hydrogen (secondary N) is 1. The fourth-order valence-corrected chi connectivity index (χ4v) is 3.29. The van der Waals surface area contributed by atoms with E-state index in [1.165, 1.54) is 4.88 Å². The molecule has 1 aromatic rings. The van der Waals surface area contributed by atoms with E-state index in [4.69, 9.17) is 9.47 Å². The molecule has 1 N–H and O–H groups in total. The molecule has 0 radical (unpaired) electrons. The standard InChI is InChI=1S/C12H17NO2S/c1-3-11(16-8-1)10-9-12(4-5-13-10)14-6-2-7-15-12/h1,3,8,10,13H,2,4-7,9H2. The quantitative estimate of drug-likeness (QED) is 0.815. The van der Waals surface area contributed by atoms with Crippen molar-refractivity contribution in [1.82, 2.24) is 5.32 Å². The second-order valence-electron chi connectivity index (χ2n) is 4.44. The van der Waals surface area contributed by atoms with Crippen LogP contribution in [0.2, 0.25) is 0 Å². The van der Waals surface area contributed by atoms with Crippen molar-refractivity contribution in [1.29, 1.82) is 0 Å². The van der Waals surface area contributed by atoms with Crippen LogP contribution in [0.3, 0.4) is 0 Å². The lowest BCUT2D eigenvalue weighted by atomic mass is 9.96. The maximum absolute atomic E-state index is 5.88. The Hall–Kier alpha value is -0.420. The van der Waals surface area contributed by atoms with Crippen molar-refractivity contribution >= 4 is 11.3 Å². The Bertz CT molecular complexity index is 327. The first kappa shape index (κ1) is 10.7. The SMILES string of the molecule is c1csc(C2CC3(CCN2)OCCCO3)c1. The van der Waals surface area contributed by atoms with Gasteiger partial charge in [0, 0.05) is 30.3 Å². The Morgan fingerprint density at radius 1 is 1.38 bits per heavy atom. The minimum atomic E-state index is -0.307. The summed E-state index contributed by atoms with van der Waals surface area (Å²) in [6.45, 7) is 2.66. The molecule has 88 valence electrons. The number of ether oxygens (including phenoxy) is 2. The van der Waals surface area contributed by atoms with Crippen LogP contribution in [0.4, 0.5) is 0 Å². The molecule has 2 fully saturated rings. The van der Waals surface area contributed by atoms with Gasteiger partial charge in [-0.05, 0) is 17.9 Å². The molecule has 0 aromatic carbocycles. The summed E-state index contributed by atoms with van der Waals surface area (Å²) in [4.78, 5) is 1.39. The van der Waals surface area contributed by atoms with E-state index < -0.39 is 0 Å². The van der Waals surface area contributed by atoms with E-state index in [1.807, 2.05) is 0 Å². The molecule has 0 bridgehead atoms. The smallest absolute Gasteiger partial charge is 0.171 e. The molecule has 0 aliphatic carbocycles. The van der Waals surface area contributed by atoms with E-state index in [1.54, 1.807) is 11.3 Å². The van der Waals surface area contributed by atoms with E-state index in [0.29, 0.717) is 6.04 Å². The van der Waals surface area contributed by atoms with Crippen LogP contribution >= 0.6 is 11.3 Å². The van der Waals surface area contributed by atoms with Gasteiger partial charge in [-0.25, -0.2) is 0 Å². The van der Waals surface area contributed by atoms with Gasteiger partial charge in [-0.2, -0.15) is 0 Å². The molecular weight excluding hydrogens is 222 g/mol. The Kier molecular flexibility index (Phi) is 2.98. The van der Waals surface area contributed by atoms with Crippen LogP contribution in [-0.4, -0.2) is 25.5 Å². The molecule has 2 aliphatic heterocycles. The largest absolute Gasteiger partial charge is 0.350 e. The van der Waals surface area contributed by atoms with Crippen LogP contribution in [0, 0.1) is 0 Å². The van der Waals surface area contributed by atoms with Gasteiger partial charge in [0.2, 0.25) is 0 Å². The van der Waals surface area contributed by atoms with E-state index in [-0.39, 0.29) is 5.79 Å². The van der Waals surface area contributed by atoms with Crippen LogP contribution in [0.15, 0.2) is 17.5 Å². The maximum Gasteiger partial charge on any atom is 0.171 e. The first-order valence-electron chi connectivity index (χ1n) is 5.93. The van der Waals surface area contributed by atoms with Gasteiger partial charge >= 0.3 is 0 Å². The molecule has 4 heteroatoms. The summed E-state index contributed by atoms with van der Waals surface area (Å²) in [5.41, 5.74) is 0. The summed E-state index contributed by atoms with van der Waals surface area (Å²) in [6.07, 6.45) is 2.93. The fourth-order valence-electron chi connectivity index (χ4n) is 2.49. The highest BCUT2D eigenvalue weighted by Crippen LogP contribution is 2.37. The number of hydrogen-bond donors (Lipinski definition) is 1. The van der Waals surface area contributed by atoms with Gasteiger partial charge in [-0.3, -0.25) is 0 Å². The third-order valence-corrected chi connectivity index (χ3v) is 4.30. The van der Waals surface area contributed by atoms with Crippen molar-refractivity contribution in [2.75, 3.05) is 19.8 Å². The van der Waals surface area contributed by atoms with Crippen LogP contribution in [0.5, 0.6) is 0 Å². The maximum atomic E-state index is 5.88. The minimum Gasteiger partial charge on any atom is -0.350 e. The molecule has 1 spiro atoms. The molecule has 0 amide bonds. The van der Waals surface area contributed by atoms with Gasteiger partial charge in [0.05, 0.1) is 13.2 Å². The Morgan fingerprint density at radius 2 is 2.25 bits per heavy atom. The van der Waals surface area contributed by atoms with Gasteiger partial charge in [0.15, 0.2) is 5.79 Å². The normalized spacial score (nSPS) is 29.4. The predicted octanol–water partition coefficient (Wildman–Crippen LogP) is 2.31. The third kappa shape index (κ3) is 2.02. The Labute approximate surface area is 99.8 Å². The lowest BCUT2D eigenvalue weighted by Gasteiger charge is -2.43. The van der Waals surface area contributed by atoms with E-state index in [9.17, 15) is 0 Å². The highest BCUT2D eigenvalue weighted by atomic mass is 32.1. The first-order valence-corrected chi connectivity index (χ1v) is 6.81. The molecule has 1 atom stereocenters. The van der Waals surface area contributed by atoms with Crippen molar-refractivity contribution in [3.8, 4) is 0 Å². The van der Waals surface area contributed by atoms with Gasteiger partial charge in [0.25, 0.3) is 0 Å². The highest BCUT2D eigenvalue weighted by molar-refractivity contribution is 7.10. The predicted molar refractivity (Wildman–Crippen MR) is 63.5 cm³/mol. The average Bonchev–Trinajstić information content (AvgIpc) is 2.83. The lowest BCUT2D eigenvalue weighted by Crippen LogP contribution is -2.49. The van der Waals surface area contributed by atoms with Gasteiger partial charge in [-0.15, -0.1) is 11.3 Å². The summed E-state index contributed by atoms with van der Waals surface area (Å²) in [5.74, 6) is -0.307. The van der Waals surface area contributed by atoms with Crippen molar-refractivity contribution in [2.24, 2.45) is 0 Å². The first-order chi connectivity index (χ1) is 7.88. The molecule has 1 aromatic heterocycles. The van der Waals surface area contributed by atoms with Crippen LogP contribution in [0.25, 0.3) is 0 Å². The van der Waals surface area contributed by atoms with E-state index in [0.717, 1.165) is 39.0 Å². The fraction of sp³-hybridized carbons (Fsp3) is 0.667. The van der Waals surface area contributed by atoms with Gasteiger partial charge < -0.3 is 14.8 Å². The zero-order chi connectivity index (χ0) is 10.8. The Morgan fingerprint density at radius 3 is 3.00 bits per heavy atom. The summed E-state index contributed by atoms with van der Waals surface area (Å²) >= 11 is 1.80. The molecule has 0 saturated carbocycles. The monoisotopic (exact) mass is 239 g/mol. The molecule has 2 saturated heterocycles. The van der Waals surface area contributed by atoms with Crippen LogP contribution in [0.1, 0.15) is 30.2 Å². The molecule has 1 unspecified atom stereocenters. The van der Waals surface area contributed by atoms with E-state index >= 15 is 0 Å². The van der Waals surface area contributed by atoms with Crippen molar-refractivity contribution in [3.05, 3.63) is 22.4 Å². The number of rotatable bonds is 1. The van der Waals surface area contributed by atoms with Crippen molar-refractivity contribution in [2.45, 2.75) is 31.1 Å². The van der Waals surface area contributed by atoms with Crippen LogP contribution < -0.4 is 5.32 Å². The van der Waals surface area contributed by atoms with Crippen molar-refractivity contribution in [3.63, 3.8) is 0 Å². The molecule has 2 aliphatic rings. The van der Waals surface area contributed by atoms with Gasteiger partial charge in [-0.1, -0.05) is 6.07 Å². The number of piperidine rings is 1. The summed E-state index contributed by atoms with van der Waals surface area (Å²) < 4.78 is 11.8. The minimum absolute atomic E-state index is 0.307. The number of thiophene rings is 1. The summed E-state index contributed by atoms with van der Waals surface area (Å²) in [6, 6.07) is 4.68.